The lowest BCUT2D eigenvalue weighted by atomic mass is 9.78. The number of ketones is 1. The van der Waals surface area contributed by atoms with Crippen molar-refractivity contribution in [1.29, 1.82) is 5.26 Å². The van der Waals surface area contributed by atoms with Gasteiger partial charge in [0, 0.05) is 12.3 Å². The number of nitriles is 1. The van der Waals surface area contributed by atoms with Crippen molar-refractivity contribution >= 4 is 5.78 Å². The van der Waals surface area contributed by atoms with Gasteiger partial charge in [0.2, 0.25) is 5.88 Å². The Kier molecular flexibility index (Phi) is 3.26. The van der Waals surface area contributed by atoms with Crippen molar-refractivity contribution in [3.8, 4) is 6.07 Å². The second kappa shape index (κ2) is 5.10. The van der Waals surface area contributed by atoms with Gasteiger partial charge in [-0.2, -0.15) is 5.26 Å². The lowest BCUT2D eigenvalue weighted by Gasteiger charge is -2.31. The summed E-state index contributed by atoms with van der Waals surface area (Å²) >= 11 is 0. The molecule has 0 aromatic heterocycles. The number of benzene rings is 1. The molecule has 1 aliphatic heterocycles. The van der Waals surface area contributed by atoms with Crippen molar-refractivity contribution in [1.82, 2.24) is 0 Å². The molecule has 0 saturated carbocycles. The van der Waals surface area contributed by atoms with Gasteiger partial charge < -0.3 is 10.5 Å². The Morgan fingerprint density at radius 3 is 2.67 bits per heavy atom. The van der Waals surface area contributed by atoms with Crippen LogP contribution in [0, 0.1) is 18.3 Å². The third-order valence-corrected chi connectivity index (χ3v) is 4.04. The fraction of sp³-hybridized carbons (Fsp3) is 0.294. The van der Waals surface area contributed by atoms with E-state index in [0.29, 0.717) is 17.8 Å². The minimum atomic E-state index is -0.261. The van der Waals surface area contributed by atoms with Crippen molar-refractivity contribution in [2.75, 3.05) is 0 Å². The van der Waals surface area contributed by atoms with E-state index in [1.165, 1.54) is 0 Å². The number of ether oxygens (including phenoxy) is 1. The van der Waals surface area contributed by atoms with E-state index in [0.717, 1.165) is 29.5 Å². The largest absolute Gasteiger partial charge is 0.437 e. The molecule has 4 nitrogen and oxygen atoms in total. The summed E-state index contributed by atoms with van der Waals surface area (Å²) in [7, 11) is 0. The summed E-state index contributed by atoms with van der Waals surface area (Å²) in [5.74, 6) is 0.123. The third kappa shape index (κ3) is 2.21. The molecule has 2 N–H and O–H groups in total. The molecule has 0 saturated heterocycles. The van der Waals surface area contributed by atoms with Crippen LogP contribution in [0.5, 0.6) is 0 Å². The van der Waals surface area contributed by atoms with Gasteiger partial charge in [0.05, 0.1) is 0 Å². The van der Waals surface area contributed by atoms with E-state index < -0.39 is 0 Å². The summed E-state index contributed by atoms with van der Waals surface area (Å²) < 4.78 is 5.45. The van der Waals surface area contributed by atoms with E-state index in [1.807, 2.05) is 31.2 Å². The van der Waals surface area contributed by atoms with Crippen molar-refractivity contribution in [2.24, 2.45) is 5.73 Å². The quantitative estimate of drug-likeness (QED) is 0.858. The van der Waals surface area contributed by atoms with Crippen LogP contribution in [0.2, 0.25) is 0 Å². The average molecular weight is 280 g/mol. The fourth-order valence-corrected chi connectivity index (χ4v) is 2.97. The first-order valence-electron chi connectivity index (χ1n) is 7.02. The predicted octanol–water partition coefficient (Wildman–Crippen LogP) is 2.81. The molecule has 0 spiro atoms. The Hall–Kier alpha value is -2.54. The Morgan fingerprint density at radius 1 is 1.29 bits per heavy atom. The molecule has 0 amide bonds. The zero-order valence-corrected chi connectivity index (χ0v) is 11.8. The average Bonchev–Trinajstić information content (AvgIpc) is 2.48. The zero-order valence-electron chi connectivity index (χ0n) is 11.8. The number of hydrogen-bond donors (Lipinski definition) is 1. The number of aryl methyl sites for hydroxylation is 1. The highest BCUT2D eigenvalue weighted by Crippen LogP contribution is 2.43. The van der Waals surface area contributed by atoms with E-state index in [2.05, 4.69) is 6.07 Å². The first-order valence-corrected chi connectivity index (χ1v) is 7.02. The molecule has 106 valence electrons. The highest BCUT2D eigenvalue weighted by Gasteiger charge is 2.36. The van der Waals surface area contributed by atoms with Crippen LogP contribution >= 0.6 is 0 Å². The maximum absolute atomic E-state index is 12.1. The Bertz CT molecular complexity index is 705. The van der Waals surface area contributed by atoms with Crippen LogP contribution in [0.25, 0.3) is 0 Å². The van der Waals surface area contributed by atoms with Crippen molar-refractivity contribution in [3.63, 3.8) is 0 Å². The molecule has 1 aromatic carbocycles. The van der Waals surface area contributed by atoms with Gasteiger partial charge >= 0.3 is 0 Å². The smallest absolute Gasteiger partial charge is 0.205 e. The Balaban J connectivity index is 2.16. The lowest BCUT2D eigenvalue weighted by Crippen LogP contribution is -2.26. The van der Waals surface area contributed by atoms with E-state index in [1.54, 1.807) is 0 Å². The van der Waals surface area contributed by atoms with Gasteiger partial charge in [-0.05, 0) is 30.9 Å². The van der Waals surface area contributed by atoms with Crippen LogP contribution in [0.3, 0.4) is 0 Å². The molecular formula is C17H16N2O2. The minimum absolute atomic E-state index is 0.0201. The summed E-state index contributed by atoms with van der Waals surface area (Å²) in [6, 6.07) is 10.1. The standard InChI is InChI=1S/C17H16N2O2/c1-10-5-7-11(8-6-10)15-12-3-2-4-14(20)16(12)21-17(19)13(15)9-18/h5-8,15H,2-4,19H2,1H3/t15-/m0/s1. The van der Waals surface area contributed by atoms with Gasteiger partial charge in [-0.25, -0.2) is 0 Å². The van der Waals surface area contributed by atoms with E-state index >= 15 is 0 Å². The summed E-state index contributed by atoms with van der Waals surface area (Å²) in [6.07, 6.45) is 2.04. The molecule has 1 heterocycles. The van der Waals surface area contributed by atoms with Crippen molar-refractivity contribution < 1.29 is 9.53 Å². The zero-order chi connectivity index (χ0) is 15.0. The number of nitrogens with zero attached hydrogens (tertiary/aromatic N) is 1. The number of nitrogens with two attached hydrogens (primary N) is 1. The third-order valence-electron chi connectivity index (χ3n) is 4.04. The second-order valence-corrected chi connectivity index (χ2v) is 5.47. The molecular weight excluding hydrogens is 264 g/mol. The molecule has 1 atom stereocenters. The monoisotopic (exact) mass is 280 g/mol. The normalized spacial score (nSPS) is 21.7. The minimum Gasteiger partial charge on any atom is -0.437 e. The van der Waals surface area contributed by atoms with Crippen LogP contribution in [0.4, 0.5) is 0 Å². The molecule has 0 fully saturated rings. The number of carbonyl (C=O) groups is 1. The van der Waals surface area contributed by atoms with Gasteiger partial charge in [0.1, 0.15) is 11.6 Å². The fourth-order valence-electron chi connectivity index (χ4n) is 2.97. The number of carbonyl (C=O) groups excluding carboxylic acids is 1. The molecule has 21 heavy (non-hydrogen) atoms. The highest BCUT2D eigenvalue weighted by molar-refractivity contribution is 5.96. The molecule has 4 heteroatoms. The highest BCUT2D eigenvalue weighted by atomic mass is 16.5. The Morgan fingerprint density at radius 2 is 2.00 bits per heavy atom. The number of hydrogen-bond acceptors (Lipinski definition) is 4. The van der Waals surface area contributed by atoms with Crippen LogP contribution in [0.1, 0.15) is 36.3 Å². The van der Waals surface area contributed by atoms with Gasteiger partial charge in [-0.3, -0.25) is 4.79 Å². The molecule has 0 bridgehead atoms. The van der Waals surface area contributed by atoms with Gasteiger partial charge in [-0.15, -0.1) is 0 Å². The lowest BCUT2D eigenvalue weighted by molar-refractivity contribution is -0.119. The number of rotatable bonds is 1. The maximum atomic E-state index is 12.1. The van der Waals surface area contributed by atoms with E-state index in [-0.39, 0.29) is 17.6 Å². The van der Waals surface area contributed by atoms with Crippen LogP contribution < -0.4 is 5.73 Å². The Labute approximate surface area is 123 Å². The number of Topliss-reactive ketones (excluding diaryl/α,β-unsaturated/α-hetero) is 1. The summed E-state index contributed by atoms with van der Waals surface area (Å²) in [4.78, 5) is 12.1. The van der Waals surface area contributed by atoms with Gasteiger partial charge in [0.15, 0.2) is 11.5 Å². The topological polar surface area (TPSA) is 76.1 Å². The molecule has 3 rings (SSSR count). The van der Waals surface area contributed by atoms with Crippen molar-refractivity contribution in [3.05, 3.63) is 58.2 Å². The van der Waals surface area contributed by atoms with Crippen LogP contribution in [-0.4, -0.2) is 5.78 Å². The first-order chi connectivity index (χ1) is 10.1. The summed E-state index contributed by atoms with van der Waals surface area (Å²) in [5.41, 5.74) is 9.28. The van der Waals surface area contributed by atoms with E-state index in [9.17, 15) is 10.1 Å². The van der Waals surface area contributed by atoms with Crippen molar-refractivity contribution in [2.45, 2.75) is 32.1 Å². The SMILES string of the molecule is Cc1ccc([C@@H]2C(C#N)=C(N)OC3=C2CCCC3=O)cc1. The molecule has 1 aromatic rings. The van der Waals surface area contributed by atoms with E-state index in [4.69, 9.17) is 10.5 Å². The second-order valence-electron chi connectivity index (χ2n) is 5.47. The summed E-state index contributed by atoms with van der Waals surface area (Å²) in [6.45, 7) is 2.01. The first kappa shape index (κ1) is 13.4. The summed E-state index contributed by atoms with van der Waals surface area (Å²) in [5, 5.41) is 9.43. The molecule has 0 radical (unpaired) electrons. The predicted molar refractivity (Wildman–Crippen MR) is 77.7 cm³/mol. The molecule has 2 aliphatic rings. The van der Waals surface area contributed by atoms with Crippen LogP contribution in [0.15, 0.2) is 47.1 Å². The molecule has 1 aliphatic carbocycles. The van der Waals surface area contributed by atoms with Crippen LogP contribution in [-0.2, 0) is 9.53 Å². The van der Waals surface area contributed by atoms with Gasteiger partial charge in [0.25, 0.3) is 0 Å². The molecule has 0 unspecified atom stereocenters. The maximum Gasteiger partial charge on any atom is 0.205 e. The van der Waals surface area contributed by atoms with Gasteiger partial charge in [-0.1, -0.05) is 29.8 Å². The number of allylic oxidation sites excluding steroid dienone is 3.